The molecule has 2 amide bonds. The quantitative estimate of drug-likeness (QED) is 0.462. The van der Waals surface area contributed by atoms with E-state index in [0.29, 0.717) is 17.0 Å². The molecule has 1 saturated heterocycles. The van der Waals surface area contributed by atoms with E-state index in [-0.39, 0.29) is 16.9 Å². The number of carboxylic acid groups (broad SMARTS) is 1. The average Bonchev–Trinajstić information content (AvgIpc) is 3.29. The maximum atomic E-state index is 12.7. The molecule has 0 atom stereocenters. The highest BCUT2D eigenvalue weighted by Crippen LogP contribution is 2.28. The van der Waals surface area contributed by atoms with Crippen LogP contribution in [0, 0.1) is 0 Å². The number of anilines is 1. The number of benzene rings is 2. The fourth-order valence-corrected chi connectivity index (χ4v) is 3.20. The summed E-state index contributed by atoms with van der Waals surface area (Å²) in [6.45, 7) is 0. The summed E-state index contributed by atoms with van der Waals surface area (Å²) in [4.78, 5) is 36.4. The van der Waals surface area contributed by atoms with Crippen molar-refractivity contribution in [3.8, 4) is 11.3 Å². The first-order valence-corrected chi connectivity index (χ1v) is 9.28. The van der Waals surface area contributed by atoms with Crippen LogP contribution in [0.5, 0.6) is 0 Å². The van der Waals surface area contributed by atoms with Crippen molar-refractivity contribution in [1.29, 1.82) is 0 Å². The maximum Gasteiger partial charge on any atom is 0.336 e. The van der Waals surface area contributed by atoms with E-state index in [1.807, 2.05) is 0 Å². The van der Waals surface area contributed by atoms with E-state index in [2.05, 4.69) is 21.4 Å². The van der Waals surface area contributed by atoms with Gasteiger partial charge in [0.1, 0.15) is 17.1 Å². The van der Waals surface area contributed by atoms with Crippen LogP contribution in [0.1, 0.15) is 16.1 Å². The molecule has 0 radical (unpaired) electrons. The highest BCUT2D eigenvalue weighted by molar-refractivity contribution is 9.10. The van der Waals surface area contributed by atoms with Crippen LogP contribution in [0.15, 0.2) is 75.1 Å². The van der Waals surface area contributed by atoms with Crippen LogP contribution in [-0.2, 0) is 9.59 Å². The van der Waals surface area contributed by atoms with Crippen LogP contribution >= 0.6 is 15.9 Å². The SMILES string of the molecule is O=C1NN(c2ccc(Br)cc2)C(=O)/C1=C\c1ccc(-c2ccccc2C(=O)O)o1. The maximum absolute atomic E-state index is 12.7. The first kappa shape index (κ1) is 18.7. The van der Waals surface area contributed by atoms with Gasteiger partial charge >= 0.3 is 5.97 Å². The van der Waals surface area contributed by atoms with Gasteiger partial charge in [-0.15, -0.1) is 0 Å². The smallest absolute Gasteiger partial charge is 0.336 e. The summed E-state index contributed by atoms with van der Waals surface area (Å²) in [5, 5.41) is 10.5. The van der Waals surface area contributed by atoms with Crippen LogP contribution in [0.3, 0.4) is 0 Å². The molecule has 1 aromatic heterocycles. The Bertz CT molecular complexity index is 1160. The summed E-state index contributed by atoms with van der Waals surface area (Å²) in [5.41, 5.74) is 3.45. The van der Waals surface area contributed by atoms with Gasteiger partial charge in [0.05, 0.1) is 11.3 Å². The second-order valence-electron chi connectivity index (χ2n) is 6.17. The molecular formula is C21H13BrN2O5. The van der Waals surface area contributed by atoms with Gasteiger partial charge in [-0.3, -0.25) is 15.0 Å². The lowest BCUT2D eigenvalue weighted by Gasteiger charge is -2.14. The summed E-state index contributed by atoms with van der Waals surface area (Å²) in [6.07, 6.45) is 1.34. The second kappa shape index (κ2) is 7.40. The van der Waals surface area contributed by atoms with E-state index in [9.17, 15) is 19.5 Å². The fourth-order valence-electron chi connectivity index (χ4n) is 2.93. The number of furan rings is 1. The van der Waals surface area contributed by atoms with Gasteiger partial charge < -0.3 is 9.52 Å². The normalized spacial score (nSPS) is 15.1. The minimum Gasteiger partial charge on any atom is -0.478 e. The zero-order chi connectivity index (χ0) is 20.5. The number of carboxylic acids is 1. The van der Waals surface area contributed by atoms with E-state index in [4.69, 9.17) is 4.42 Å². The summed E-state index contributed by atoms with van der Waals surface area (Å²) in [5.74, 6) is -1.56. The lowest BCUT2D eigenvalue weighted by atomic mass is 10.1. The lowest BCUT2D eigenvalue weighted by molar-refractivity contribution is -0.117. The first-order chi connectivity index (χ1) is 13.9. The molecule has 144 valence electrons. The van der Waals surface area contributed by atoms with Gasteiger partial charge in [-0.05, 0) is 48.5 Å². The Morgan fingerprint density at radius 3 is 2.48 bits per heavy atom. The third kappa shape index (κ3) is 3.57. The lowest BCUT2D eigenvalue weighted by Crippen LogP contribution is -2.35. The Morgan fingerprint density at radius 2 is 1.76 bits per heavy atom. The van der Waals surface area contributed by atoms with E-state index < -0.39 is 17.8 Å². The van der Waals surface area contributed by atoms with Crippen molar-refractivity contribution in [3.63, 3.8) is 0 Å². The van der Waals surface area contributed by atoms with Gasteiger partial charge in [-0.2, -0.15) is 0 Å². The van der Waals surface area contributed by atoms with E-state index in [0.717, 1.165) is 9.48 Å². The van der Waals surface area contributed by atoms with E-state index in [1.54, 1.807) is 54.6 Å². The Kier molecular flexibility index (Phi) is 4.77. The Balaban J connectivity index is 1.64. The predicted molar refractivity (Wildman–Crippen MR) is 109 cm³/mol. The van der Waals surface area contributed by atoms with Gasteiger partial charge in [0, 0.05) is 10.0 Å². The number of amides is 2. The largest absolute Gasteiger partial charge is 0.478 e. The van der Waals surface area contributed by atoms with Gasteiger partial charge in [0.15, 0.2) is 0 Å². The van der Waals surface area contributed by atoms with Crippen molar-refractivity contribution in [2.75, 3.05) is 5.01 Å². The number of rotatable bonds is 4. The third-order valence-corrected chi connectivity index (χ3v) is 4.84. The molecule has 8 heteroatoms. The fraction of sp³-hybridized carbons (Fsp3) is 0. The summed E-state index contributed by atoms with van der Waals surface area (Å²) < 4.78 is 6.53. The third-order valence-electron chi connectivity index (χ3n) is 4.31. The molecule has 1 fully saturated rings. The number of nitrogens with zero attached hydrogens (tertiary/aromatic N) is 1. The number of hydrogen-bond acceptors (Lipinski definition) is 4. The predicted octanol–water partition coefficient (Wildman–Crippen LogP) is 3.87. The molecular weight excluding hydrogens is 440 g/mol. The molecule has 0 saturated carbocycles. The second-order valence-corrected chi connectivity index (χ2v) is 7.08. The topological polar surface area (TPSA) is 99.9 Å². The van der Waals surface area contributed by atoms with Gasteiger partial charge in [0.2, 0.25) is 0 Å². The molecule has 2 aromatic carbocycles. The Morgan fingerprint density at radius 1 is 1.03 bits per heavy atom. The standard InChI is InChI=1S/C21H13BrN2O5/c22-12-5-7-13(8-6-12)24-20(26)17(19(25)23-24)11-14-9-10-18(29-14)15-3-1-2-4-16(15)21(27)28/h1-11H,(H,23,25)(H,27,28)/b17-11-. The number of hydrazine groups is 1. The van der Waals surface area contributed by atoms with E-state index >= 15 is 0 Å². The van der Waals surface area contributed by atoms with Gasteiger partial charge in [-0.25, -0.2) is 9.80 Å². The van der Waals surface area contributed by atoms with Gasteiger partial charge in [-0.1, -0.05) is 34.1 Å². The molecule has 0 bridgehead atoms. The van der Waals surface area contributed by atoms with Crippen LogP contribution in [0.2, 0.25) is 0 Å². The van der Waals surface area contributed by atoms with Crippen molar-refractivity contribution in [1.82, 2.24) is 5.43 Å². The summed E-state index contributed by atoms with van der Waals surface area (Å²) in [6, 6.07) is 16.5. The number of aromatic carboxylic acids is 1. The van der Waals surface area contributed by atoms with Crippen molar-refractivity contribution in [3.05, 3.63) is 82.0 Å². The molecule has 0 spiro atoms. The average molecular weight is 453 g/mol. The molecule has 0 unspecified atom stereocenters. The van der Waals surface area contributed by atoms with Gasteiger partial charge in [0.25, 0.3) is 11.8 Å². The van der Waals surface area contributed by atoms with Crippen molar-refractivity contribution < 1.29 is 23.9 Å². The summed E-state index contributed by atoms with van der Waals surface area (Å²) in [7, 11) is 0. The number of hydrogen-bond donors (Lipinski definition) is 2. The van der Waals surface area contributed by atoms with Crippen molar-refractivity contribution >= 4 is 45.5 Å². The number of carbonyl (C=O) groups excluding carboxylic acids is 2. The highest BCUT2D eigenvalue weighted by Gasteiger charge is 2.34. The number of carbonyl (C=O) groups is 3. The molecule has 29 heavy (non-hydrogen) atoms. The van der Waals surface area contributed by atoms with Crippen molar-refractivity contribution in [2.45, 2.75) is 0 Å². The number of nitrogens with one attached hydrogen (secondary N) is 1. The molecule has 7 nitrogen and oxygen atoms in total. The van der Waals surface area contributed by atoms with Crippen LogP contribution in [0.25, 0.3) is 17.4 Å². The van der Waals surface area contributed by atoms with E-state index in [1.165, 1.54) is 12.1 Å². The minimum absolute atomic E-state index is 0.0830. The molecule has 1 aliphatic rings. The van der Waals surface area contributed by atoms with Crippen LogP contribution in [0.4, 0.5) is 5.69 Å². The zero-order valence-electron chi connectivity index (χ0n) is 14.8. The minimum atomic E-state index is -1.08. The zero-order valence-corrected chi connectivity index (χ0v) is 16.3. The Hall–Kier alpha value is -3.65. The molecule has 2 heterocycles. The van der Waals surface area contributed by atoms with Crippen molar-refractivity contribution in [2.24, 2.45) is 0 Å². The highest BCUT2D eigenvalue weighted by atomic mass is 79.9. The number of halogens is 1. The van der Waals surface area contributed by atoms with Crippen LogP contribution in [-0.4, -0.2) is 22.9 Å². The molecule has 0 aliphatic carbocycles. The molecule has 1 aliphatic heterocycles. The Labute approximate surface area is 173 Å². The summed E-state index contributed by atoms with van der Waals surface area (Å²) >= 11 is 3.32. The molecule has 4 rings (SSSR count). The van der Waals surface area contributed by atoms with Crippen LogP contribution < -0.4 is 10.4 Å². The molecule has 2 N–H and O–H groups in total. The monoisotopic (exact) mass is 452 g/mol. The molecule has 3 aromatic rings. The first-order valence-electron chi connectivity index (χ1n) is 8.49.